The maximum atomic E-state index is 11.8. The Labute approximate surface area is 119 Å². The topological polar surface area (TPSA) is 49.3 Å². The Morgan fingerprint density at radius 3 is 2.53 bits per heavy atom. The first-order chi connectivity index (χ1) is 9.01. The van der Waals surface area contributed by atoms with E-state index < -0.39 is 0 Å². The molecule has 0 spiro atoms. The third kappa shape index (κ3) is 4.06. The molecule has 1 heterocycles. The summed E-state index contributed by atoms with van der Waals surface area (Å²) in [5.74, 6) is 0.804. The van der Waals surface area contributed by atoms with Crippen LogP contribution in [0.4, 0.5) is 5.82 Å². The third-order valence-corrected chi connectivity index (χ3v) is 3.20. The Bertz CT molecular complexity index is 437. The number of halogens is 1. The number of likely N-dealkylation sites (N-methyl/N-ethyl adjacent to an activating group) is 2. The smallest absolute Gasteiger partial charge is 0.241 e. The van der Waals surface area contributed by atoms with Crippen molar-refractivity contribution in [2.75, 3.05) is 32.1 Å². The maximum absolute atomic E-state index is 11.8. The number of carbonyl (C=O) groups is 1. The summed E-state index contributed by atoms with van der Waals surface area (Å²) in [6, 6.07) is 0. The molecule has 0 saturated carbocycles. The summed E-state index contributed by atoms with van der Waals surface area (Å²) < 4.78 is 0. The highest BCUT2D eigenvalue weighted by Gasteiger charge is 2.18. The minimum Gasteiger partial charge on any atom is -0.347 e. The van der Waals surface area contributed by atoms with Crippen molar-refractivity contribution < 1.29 is 4.79 Å². The zero-order valence-corrected chi connectivity index (χ0v) is 12.7. The summed E-state index contributed by atoms with van der Waals surface area (Å²) in [6.07, 6.45) is 3.21. The van der Waals surface area contributed by atoms with Gasteiger partial charge in [-0.3, -0.25) is 4.79 Å². The van der Waals surface area contributed by atoms with E-state index in [-0.39, 0.29) is 5.91 Å². The molecule has 0 aliphatic carbocycles. The Morgan fingerprint density at radius 2 is 2.00 bits per heavy atom. The van der Waals surface area contributed by atoms with Crippen molar-refractivity contribution in [2.24, 2.45) is 0 Å². The molecule has 0 bridgehead atoms. The van der Waals surface area contributed by atoms with Crippen LogP contribution in [0.5, 0.6) is 0 Å². The normalized spacial score (nSPS) is 10.4. The number of anilines is 1. The molecule has 19 heavy (non-hydrogen) atoms. The fraction of sp³-hybridized carbons (Fsp3) is 0.615. The molecule has 0 aromatic carbocycles. The molecule has 0 aliphatic heterocycles. The highest BCUT2D eigenvalue weighted by Crippen LogP contribution is 2.24. The van der Waals surface area contributed by atoms with E-state index in [1.165, 1.54) is 6.33 Å². The summed E-state index contributed by atoms with van der Waals surface area (Å²) in [4.78, 5) is 23.7. The molecule has 1 aromatic rings. The van der Waals surface area contributed by atoms with Crippen LogP contribution >= 0.6 is 11.6 Å². The second kappa shape index (κ2) is 7.28. The molecule has 6 heteroatoms. The average molecular weight is 285 g/mol. The lowest BCUT2D eigenvalue weighted by molar-refractivity contribution is -0.127. The number of hydrogen-bond acceptors (Lipinski definition) is 4. The molecule has 106 valence electrons. The Hall–Kier alpha value is -1.36. The molecule has 0 fully saturated rings. The number of hydrogen-bond donors (Lipinski definition) is 0. The Balaban J connectivity index is 3.04. The lowest BCUT2D eigenvalue weighted by atomic mass is 10.1. The maximum Gasteiger partial charge on any atom is 0.241 e. The highest BCUT2D eigenvalue weighted by molar-refractivity contribution is 6.30. The van der Waals surface area contributed by atoms with Crippen LogP contribution in [0.25, 0.3) is 0 Å². The van der Waals surface area contributed by atoms with Crippen molar-refractivity contribution in [3.8, 4) is 0 Å². The number of aromatic nitrogens is 2. The first-order valence-corrected chi connectivity index (χ1v) is 6.83. The molecule has 1 amide bonds. The number of amides is 1. The predicted molar refractivity (Wildman–Crippen MR) is 77.6 cm³/mol. The molecular formula is C13H21ClN4O. The van der Waals surface area contributed by atoms with Gasteiger partial charge in [0, 0.05) is 26.2 Å². The van der Waals surface area contributed by atoms with Crippen LogP contribution < -0.4 is 4.90 Å². The number of rotatable bonds is 6. The van der Waals surface area contributed by atoms with Crippen molar-refractivity contribution in [2.45, 2.75) is 26.7 Å². The van der Waals surface area contributed by atoms with E-state index in [4.69, 9.17) is 11.6 Å². The van der Waals surface area contributed by atoms with Crippen molar-refractivity contribution in [1.82, 2.24) is 14.9 Å². The van der Waals surface area contributed by atoms with Crippen molar-refractivity contribution in [3.63, 3.8) is 0 Å². The minimum absolute atomic E-state index is 0.0408. The van der Waals surface area contributed by atoms with Crippen LogP contribution in [0, 0.1) is 0 Å². The van der Waals surface area contributed by atoms with Gasteiger partial charge < -0.3 is 9.80 Å². The number of nitrogens with zero attached hydrogens (tertiary/aromatic N) is 4. The fourth-order valence-corrected chi connectivity index (χ4v) is 1.98. The van der Waals surface area contributed by atoms with Gasteiger partial charge >= 0.3 is 0 Å². The molecule has 0 aliphatic rings. The Kier molecular flexibility index (Phi) is 6.02. The summed E-state index contributed by atoms with van der Waals surface area (Å²) in [5, 5.41) is 0.475. The van der Waals surface area contributed by atoms with Gasteiger partial charge in [-0.05, 0) is 13.3 Å². The van der Waals surface area contributed by atoms with Gasteiger partial charge in [0.25, 0.3) is 0 Å². The van der Waals surface area contributed by atoms with E-state index >= 15 is 0 Å². The molecule has 0 atom stereocenters. The van der Waals surface area contributed by atoms with E-state index in [9.17, 15) is 4.79 Å². The van der Waals surface area contributed by atoms with Gasteiger partial charge in [0.2, 0.25) is 5.91 Å². The van der Waals surface area contributed by atoms with Crippen molar-refractivity contribution >= 4 is 23.3 Å². The standard InChI is InChI=1S/C13H21ClN4O/c1-5-7-10-12(14)15-9-16-13(10)18(6-2)8-11(19)17(3)4/h9H,5-8H2,1-4H3. The van der Waals surface area contributed by atoms with Gasteiger partial charge in [0.1, 0.15) is 17.3 Å². The monoisotopic (exact) mass is 284 g/mol. The molecule has 0 saturated heterocycles. The third-order valence-electron chi connectivity index (χ3n) is 2.88. The molecule has 1 aromatic heterocycles. The summed E-state index contributed by atoms with van der Waals surface area (Å²) in [5.41, 5.74) is 0.917. The minimum atomic E-state index is 0.0408. The van der Waals surface area contributed by atoms with Crippen molar-refractivity contribution in [3.05, 3.63) is 17.0 Å². The van der Waals surface area contributed by atoms with E-state index in [0.29, 0.717) is 18.2 Å². The quantitative estimate of drug-likeness (QED) is 0.750. The van der Waals surface area contributed by atoms with Crippen LogP contribution in [0.15, 0.2) is 6.33 Å². The van der Waals surface area contributed by atoms with Gasteiger partial charge in [-0.1, -0.05) is 24.9 Å². The van der Waals surface area contributed by atoms with Gasteiger partial charge in [0.15, 0.2) is 0 Å². The van der Waals surface area contributed by atoms with Gasteiger partial charge in [-0.2, -0.15) is 0 Å². The molecule has 0 N–H and O–H groups in total. The first-order valence-electron chi connectivity index (χ1n) is 6.45. The second-order valence-electron chi connectivity index (χ2n) is 4.52. The first kappa shape index (κ1) is 15.7. The predicted octanol–water partition coefficient (Wildman–Crippen LogP) is 2.00. The van der Waals surface area contributed by atoms with E-state index in [2.05, 4.69) is 16.9 Å². The van der Waals surface area contributed by atoms with Crippen LogP contribution in [-0.4, -0.2) is 48.0 Å². The summed E-state index contributed by atoms with van der Waals surface area (Å²) in [7, 11) is 3.49. The summed E-state index contributed by atoms with van der Waals surface area (Å²) in [6.45, 7) is 5.07. The summed E-state index contributed by atoms with van der Waals surface area (Å²) >= 11 is 6.14. The Morgan fingerprint density at radius 1 is 1.32 bits per heavy atom. The van der Waals surface area contributed by atoms with E-state index in [1.807, 2.05) is 11.8 Å². The van der Waals surface area contributed by atoms with E-state index in [0.717, 1.165) is 24.2 Å². The van der Waals surface area contributed by atoms with Crippen LogP contribution in [0.3, 0.4) is 0 Å². The SMILES string of the molecule is CCCc1c(Cl)ncnc1N(CC)CC(=O)N(C)C. The second-order valence-corrected chi connectivity index (χ2v) is 4.88. The zero-order chi connectivity index (χ0) is 14.4. The lowest BCUT2D eigenvalue weighted by Gasteiger charge is -2.25. The van der Waals surface area contributed by atoms with Gasteiger partial charge in [-0.25, -0.2) is 9.97 Å². The van der Waals surface area contributed by atoms with E-state index in [1.54, 1.807) is 19.0 Å². The van der Waals surface area contributed by atoms with Crippen LogP contribution in [-0.2, 0) is 11.2 Å². The average Bonchev–Trinajstić information content (AvgIpc) is 2.38. The van der Waals surface area contributed by atoms with Crippen LogP contribution in [0.1, 0.15) is 25.8 Å². The molecule has 0 radical (unpaired) electrons. The largest absolute Gasteiger partial charge is 0.347 e. The van der Waals surface area contributed by atoms with Gasteiger partial charge in [0.05, 0.1) is 6.54 Å². The number of carbonyl (C=O) groups excluding carboxylic acids is 1. The molecule has 1 rings (SSSR count). The highest BCUT2D eigenvalue weighted by atomic mass is 35.5. The molecule has 5 nitrogen and oxygen atoms in total. The van der Waals surface area contributed by atoms with Gasteiger partial charge in [-0.15, -0.1) is 0 Å². The fourth-order valence-electron chi connectivity index (χ4n) is 1.76. The van der Waals surface area contributed by atoms with Crippen molar-refractivity contribution in [1.29, 1.82) is 0 Å². The van der Waals surface area contributed by atoms with Crippen LogP contribution in [0.2, 0.25) is 5.15 Å². The lowest BCUT2D eigenvalue weighted by Crippen LogP contribution is -2.37. The molecular weight excluding hydrogens is 264 g/mol. The molecule has 0 unspecified atom stereocenters. The zero-order valence-electron chi connectivity index (χ0n) is 12.0.